The van der Waals surface area contributed by atoms with Crippen LogP contribution in [-0.4, -0.2) is 11.8 Å². The molecule has 0 fully saturated rings. The van der Waals surface area contributed by atoms with Gasteiger partial charge in [-0.25, -0.2) is 0 Å². The van der Waals surface area contributed by atoms with Gasteiger partial charge in [0, 0.05) is 17.0 Å². The van der Waals surface area contributed by atoms with Crippen LogP contribution in [0.15, 0.2) is 24.3 Å². The highest BCUT2D eigenvalue weighted by Crippen LogP contribution is 2.34. The summed E-state index contributed by atoms with van der Waals surface area (Å²) in [6.07, 6.45) is 1.25. The first-order valence-corrected chi connectivity index (χ1v) is 6.79. The molecule has 0 aliphatic carbocycles. The minimum atomic E-state index is 0.552. The van der Waals surface area contributed by atoms with Crippen LogP contribution >= 0.6 is 11.8 Å². The Morgan fingerprint density at radius 3 is 3.00 bits per heavy atom. The van der Waals surface area contributed by atoms with E-state index in [0.29, 0.717) is 6.04 Å². The second-order valence-corrected chi connectivity index (χ2v) is 5.59. The molecule has 1 nitrogen and oxygen atoms in total. The molecule has 0 saturated heterocycles. The predicted molar refractivity (Wildman–Crippen MR) is 68.2 cm³/mol. The molecule has 2 heteroatoms. The molecule has 1 aromatic carbocycles. The fourth-order valence-corrected chi connectivity index (χ4v) is 3.26. The van der Waals surface area contributed by atoms with Crippen molar-refractivity contribution in [3.63, 3.8) is 0 Å². The van der Waals surface area contributed by atoms with Gasteiger partial charge < -0.3 is 5.32 Å². The highest BCUT2D eigenvalue weighted by molar-refractivity contribution is 7.99. The summed E-state index contributed by atoms with van der Waals surface area (Å²) in [5.41, 5.74) is 3.02. The van der Waals surface area contributed by atoms with Crippen LogP contribution < -0.4 is 5.32 Å². The highest BCUT2D eigenvalue weighted by Gasteiger charge is 2.21. The molecule has 0 aromatic heterocycles. The van der Waals surface area contributed by atoms with E-state index in [1.54, 1.807) is 0 Å². The zero-order chi connectivity index (χ0) is 10.7. The molecule has 1 aliphatic rings. The quantitative estimate of drug-likeness (QED) is 0.822. The lowest BCUT2D eigenvalue weighted by atomic mass is 9.98. The third-order valence-corrected chi connectivity index (χ3v) is 4.21. The average Bonchev–Trinajstić information content (AvgIpc) is 2.40. The van der Waals surface area contributed by atoms with Gasteiger partial charge in [-0.1, -0.05) is 38.1 Å². The normalized spacial score (nSPS) is 25.7. The number of nitrogens with one attached hydrogen (secondary N) is 1. The van der Waals surface area contributed by atoms with Gasteiger partial charge in [-0.15, -0.1) is 0 Å². The Morgan fingerprint density at radius 1 is 1.40 bits per heavy atom. The molecule has 15 heavy (non-hydrogen) atoms. The molecular formula is C13H19NS. The lowest BCUT2D eigenvalue weighted by molar-refractivity contribution is 0.516. The summed E-state index contributed by atoms with van der Waals surface area (Å²) >= 11 is 2.07. The van der Waals surface area contributed by atoms with Crippen molar-refractivity contribution in [2.45, 2.75) is 37.3 Å². The maximum Gasteiger partial charge on any atom is 0.0333 e. The van der Waals surface area contributed by atoms with E-state index in [4.69, 9.17) is 0 Å². The molecular weight excluding hydrogens is 202 g/mol. The molecule has 0 spiro atoms. The summed E-state index contributed by atoms with van der Waals surface area (Å²) in [7, 11) is 0. The van der Waals surface area contributed by atoms with Crippen LogP contribution in [0.2, 0.25) is 0 Å². The van der Waals surface area contributed by atoms with Crippen LogP contribution in [0.5, 0.6) is 0 Å². The van der Waals surface area contributed by atoms with Crippen LogP contribution in [-0.2, 0) is 5.75 Å². The summed E-state index contributed by atoms with van der Waals surface area (Å²) < 4.78 is 0. The van der Waals surface area contributed by atoms with Gasteiger partial charge in [-0.2, -0.15) is 11.8 Å². The lowest BCUT2D eigenvalue weighted by Crippen LogP contribution is -2.23. The van der Waals surface area contributed by atoms with Gasteiger partial charge in [-0.3, -0.25) is 0 Å². The number of hydrogen-bond acceptors (Lipinski definition) is 2. The maximum absolute atomic E-state index is 3.60. The second kappa shape index (κ2) is 5.04. The fourth-order valence-electron chi connectivity index (χ4n) is 2.20. The monoisotopic (exact) mass is 221 g/mol. The summed E-state index contributed by atoms with van der Waals surface area (Å²) in [5, 5.41) is 4.35. The number of thioether (sulfide) groups is 1. The minimum absolute atomic E-state index is 0.552. The van der Waals surface area contributed by atoms with Gasteiger partial charge in [0.1, 0.15) is 0 Å². The average molecular weight is 221 g/mol. The van der Waals surface area contributed by atoms with Crippen LogP contribution in [0, 0.1) is 0 Å². The van der Waals surface area contributed by atoms with Gasteiger partial charge in [0.05, 0.1) is 0 Å². The van der Waals surface area contributed by atoms with Crippen LogP contribution in [0.4, 0.5) is 0 Å². The van der Waals surface area contributed by atoms with E-state index in [0.717, 1.165) is 11.8 Å². The standard InChI is InChI=1S/C13H19NS/c1-3-14-13-8-10(2)15-9-11-6-4-5-7-12(11)13/h4-7,10,13-14H,3,8-9H2,1-2H3. The van der Waals surface area contributed by atoms with Crippen LogP contribution in [0.3, 0.4) is 0 Å². The van der Waals surface area contributed by atoms with Crippen molar-refractivity contribution < 1.29 is 0 Å². The summed E-state index contributed by atoms with van der Waals surface area (Å²) in [6, 6.07) is 9.41. The maximum atomic E-state index is 3.60. The van der Waals surface area contributed by atoms with E-state index in [1.165, 1.54) is 23.3 Å². The van der Waals surface area contributed by atoms with E-state index in [-0.39, 0.29) is 0 Å². The summed E-state index contributed by atoms with van der Waals surface area (Å²) in [6.45, 7) is 5.57. The molecule has 1 aliphatic heterocycles. The van der Waals surface area contributed by atoms with Crippen molar-refractivity contribution in [2.75, 3.05) is 6.54 Å². The van der Waals surface area contributed by atoms with E-state index in [1.807, 2.05) is 0 Å². The SMILES string of the molecule is CCNC1CC(C)SCc2ccccc21. The highest BCUT2D eigenvalue weighted by atomic mass is 32.2. The molecule has 0 amide bonds. The van der Waals surface area contributed by atoms with Crippen LogP contribution in [0.25, 0.3) is 0 Å². The Bertz CT molecular complexity index is 324. The van der Waals surface area contributed by atoms with Crippen molar-refractivity contribution in [3.8, 4) is 0 Å². The largest absolute Gasteiger partial charge is 0.310 e. The zero-order valence-corrected chi connectivity index (χ0v) is 10.3. The van der Waals surface area contributed by atoms with Gasteiger partial charge >= 0.3 is 0 Å². The van der Waals surface area contributed by atoms with Gasteiger partial charge in [0.15, 0.2) is 0 Å². The van der Waals surface area contributed by atoms with Crippen molar-refractivity contribution in [3.05, 3.63) is 35.4 Å². The number of rotatable bonds is 2. The van der Waals surface area contributed by atoms with E-state index in [2.05, 4.69) is 55.2 Å². The first kappa shape index (κ1) is 11.0. The third-order valence-electron chi connectivity index (χ3n) is 2.97. The Balaban J connectivity index is 2.28. The molecule has 0 radical (unpaired) electrons. The van der Waals surface area contributed by atoms with Gasteiger partial charge in [0.25, 0.3) is 0 Å². The minimum Gasteiger partial charge on any atom is -0.310 e. The number of fused-ring (bicyclic) bond motifs is 1. The topological polar surface area (TPSA) is 12.0 Å². The Kier molecular flexibility index (Phi) is 3.71. The first-order chi connectivity index (χ1) is 7.31. The smallest absolute Gasteiger partial charge is 0.0333 e. The van der Waals surface area contributed by atoms with Crippen molar-refractivity contribution in [2.24, 2.45) is 0 Å². The van der Waals surface area contributed by atoms with E-state index >= 15 is 0 Å². The molecule has 1 aromatic rings. The van der Waals surface area contributed by atoms with Gasteiger partial charge in [-0.05, 0) is 24.1 Å². The Morgan fingerprint density at radius 2 is 2.20 bits per heavy atom. The number of hydrogen-bond donors (Lipinski definition) is 1. The molecule has 1 N–H and O–H groups in total. The Labute approximate surface area is 96.7 Å². The van der Waals surface area contributed by atoms with Crippen molar-refractivity contribution >= 4 is 11.8 Å². The predicted octanol–water partition coefficient (Wildman–Crippen LogP) is 3.36. The molecule has 1 heterocycles. The van der Waals surface area contributed by atoms with E-state index < -0.39 is 0 Å². The molecule has 0 bridgehead atoms. The summed E-state index contributed by atoms with van der Waals surface area (Å²) in [4.78, 5) is 0. The third kappa shape index (κ3) is 2.56. The molecule has 2 rings (SSSR count). The number of benzene rings is 1. The second-order valence-electron chi connectivity index (χ2n) is 4.17. The fraction of sp³-hybridized carbons (Fsp3) is 0.538. The lowest BCUT2D eigenvalue weighted by Gasteiger charge is -2.19. The molecule has 2 atom stereocenters. The molecule has 2 unspecified atom stereocenters. The first-order valence-electron chi connectivity index (χ1n) is 5.74. The zero-order valence-electron chi connectivity index (χ0n) is 9.49. The summed E-state index contributed by atoms with van der Waals surface area (Å²) in [5.74, 6) is 1.17. The van der Waals surface area contributed by atoms with Crippen LogP contribution in [0.1, 0.15) is 37.4 Å². The Hall–Kier alpha value is -0.470. The van der Waals surface area contributed by atoms with Gasteiger partial charge in [0.2, 0.25) is 0 Å². The van der Waals surface area contributed by atoms with Crippen molar-refractivity contribution in [1.82, 2.24) is 5.32 Å². The van der Waals surface area contributed by atoms with Crippen molar-refractivity contribution in [1.29, 1.82) is 0 Å². The molecule has 0 saturated carbocycles. The molecule has 82 valence electrons. The van der Waals surface area contributed by atoms with E-state index in [9.17, 15) is 0 Å².